The van der Waals surface area contributed by atoms with E-state index in [-0.39, 0.29) is 23.6 Å². The summed E-state index contributed by atoms with van der Waals surface area (Å²) in [6, 6.07) is 13.1. The van der Waals surface area contributed by atoms with Crippen LogP contribution in [0.4, 0.5) is 5.69 Å². The molecule has 0 N–H and O–H groups in total. The molecule has 0 fully saturated rings. The van der Waals surface area contributed by atoms with E-state index in [0.717, 1.165) is 10.9 Å². The molecule has 0 bridgehead atoms. The molecule has 4 aromatic rings. The molecular weight excluding hydrogens is 651 g/mol. The zero-order valence-electron chi connectivity index (χ0n) is 19.3. The lowest BCUT2D eigenvalue weighted by Gasteiger charge is -2.11. The lowest BCUT2D eigenvalue weighted by atomic mass is 10.2. The summed E-state index contributed by atoms with van der Waals surface area (Å²) in [6.45, 7) is 1.97. The summed E-state index contributed by atoms with van der Waals surface area (Å²) >= 11 is 18.9. The Balaban J connectivity index is 1.71. The van der Waals surface area contributed by atoms with Gasteiger partial charge in [-0.25, -0.2) is 4.98 Å². The standard InChI is InChI=1S/C25H18Br2Cl2N4O4/c1-2-3-23-31-21-7-5-16(26)10-18(21)25(34)32(23)30-12-14-8-19(27)24(22(9-14)33(35)36)37-13-15-4-6-17(28)11-20(15)29/h4-12H,2-3,13H2,1H3. The van der Waals surface area contributed by atoms with E-state index in [0.29, 0.717) is 48.8 Å². The van der Waals surface area contributed by atoms with Gasteiger partial charge in [0.1, 0.15) is 12.4 Å². The van der Waals surface area contributed by atoms with Crippen molar-refractivity contribution < 1.29 is 9.66 Å². The third-order valence-corrected chi connectivity index (χ3v) is 6.97. The summed E-state index contributed by atoms with van der Waals surface area (Å²) in [5, 5.41) is 17.5. The third-order valence-electron chi connectivity index (χ3n) is 5.30. The molecule has 12 heteroatoms. The van der Waals surface area contributed by atoms with Crippen molar-refractivity contribution in [2.45, 2.75) is 26.4 Å². The van der Waals surface area contributed by atoms with Crippen LogP contribution < -0.4 is 10.3 Å². The van der Waals surface area contributed by atoms with E-state index in [4.69, 9.17) is 27.9 Å². The van der Waals surface area contributed by atoms with Crippen LogP contribution >= 0.6 is 55.1 Å². The third kappa shape index (κ3) is 6.20. The van der Waals surface area contributed by atoms with Crippen LogP contribution in [-0.2, 0) is 13.0 Å². The predicted octanol–water partition coefficient (Wildman–Crippen LogP) is 7.55. The van der Waals surface area contributed by atoms with Crippen molar-refractivity contribution >= 4 is 77.9 Å². The fourth-order valence-electron chi connectivity index (χ4n) is 3.56. The van der Waals surface area contributed by atoms with Crippen LogP contribution in [0.3, 0.4) is 0 Å². The lowest BCUT2D eigenvalue weighted by molar-refractivity contribution is -0.386. The van der Waals surface area contributed by atoms with Crippen LogP contribution in [0.5, 0.6) is 5.75 Å². The van der Waals surface area contributed by atoms with Crippen molar-refractivity contribution in [3.8, 4) is 5.75 Å². The Bertz CT molecular complexity index is 1610. The molecule has 190 valence electrons. The van der Waals surface area contributed by atoms with Gasteiger partial charge in [-0.2, -0.15) is 9.78 Å². The van der Waals surface area contributed by atoms with E-state index in [1.54, 1.807) is 36.4 Å². The molecule has 1 aromatic heterocycles. The molecule has 0 amide bonds. The van der Waals surface area contributed by atoms with Gasteiger partial charge in [0.05, 0.1) is 26.5 Å². The normalized spacial score (nSPS) is 11.4. The largest absolute Gasteiger partial charge is 0.481 e. The Morgan fingerprint density at radius 1 is 1.16 bits per heavy atom. The second-order valence-corrected chi connectivity index (χ2v) is 10.5. The minimum atomic E-state index is -0.551. The number of rotatable bonds is 8. The Labute approximate surface area is 238 Å². The first kappa shape index (κ1) is 27.3. The topological polar surface area (TPSA) is 99.6 Å². The van der Waals surface area contributed by atoms with Crippen LogP contribution in [0.15, 0.2) is 67.4 Å². The highest BCUT2D eigenvalue weighted by Gasteiger charge is 2.21. The number of nitrogens with zero attached hydrogens (tertiary/aromatic N) is 4. The number of halogens is 4. The van der Waals surface area contributed by atoms with E-state index in [9.17, 15) is 14.9 Å². The molecule has 37 heavy (non-hydrogen) atoms. The Morgan fingerprint density at radius 2 is 1.95 bits per heavy atom. The second kappa shape index (κ2) is 11.7. The average molecular weight is 669 g/mol. The molecule has 8 nitrogen and oxygen atoms in total. The average Bonchev–Trinajstić information content (AvgIpc) is 2.84. The molecule has 0 spiro atoms. The molecule has 0 aliphatic heterocycles. The lowest BCUT2D eigenvalue weighted by Crippen LogP contribution is -2.22. The zero-order chi connectivity index (χ0) is 26.7. The highest BCUT2D eigenvalue weighted by atomic mass is 79.9. The molecule has 0 aliphatic carbocycles. The molecule has 0 radical (unpaired) electrons. The van der Waals surface area contributed by atoms with Crippen LogP contribution in [-0.4, -0.2) is 20.8 Å². The van der Waals surface area contributed by atoms with Crippen molar-refractivity contribution in [2.75, 3.05) is 0 Å². The molecule has 0 aliphatic rings. The minimum absolute atomic E-state index is 0.00301. The summed E-state index contributed by atoms with van der Waals surface area (Å²) in [6.07, 6.45) is 2.66. The quantitative estimate of drug-likeness (QED) is 0.110. The molecule has 3 aromatic carbocycles. The summed E-state index contributed by atoms with van der Waals surface area (Å²) in [4.78, 5) is 29.1. The Kier molecular flexibility index (Phi) is 8.63. The molecule has 0 saturated carbocycles. The molecule has 0 atom stereocenters. The van der Waals surface area contributed by atoms with Gasteiger partial charge in [-0.1, -0.05) is 52.1 Å². The molecule has 0 unspecified atom stereocenters. The second-order valence-electron chi connectivity index (χ2n) is 7.93. The van der Waals surface area contributed by atoms with Crippen LogP contribution in [0.2, 0.25) is 10.0 Å². The number of benzene rings is 3. The predicted molar refractivity (Wildman–Crippen MR) is 152 cm³/mol. The highest BCUT2D eigenvalue weighted by Crippen LogP contribution is 2.37. The minimum Gasteiger partial charge on any atom is -0.481 e. The Hall–Kier alpha value is -2.79. The molecular formula is C25H18Br2Cl2N4O4. The van der Waals surface area contributed by atoms with Crippen LogP contribution in [0.25, 0.3) is 10.9 Å². The van der Waals surface area contributed by atoms with Gasteiger partial charge in [-0.05, 0) is 58.7 Å². The maximum atomic E-state index is 13.2. The molecule has 1 heterocycles. The fourth-order valence-corrected chi connectivity index (χ4v) is 4.97. The number of aryl methyl sites for hydroxylation is 1. The smallest absolute Gasteiger partial charge is 0.312 e. The van der Waals surface area contributed by atoms with Gasteiger partial charge < -0.3 is 4.74 Å². The maximum Gasteiger partial charge on any atom is 0.312 e. The van der Waals surface area contributed by atoms with Crippen molar-refractivity contribution in [2.24, 2.45) is 5.10 Å². The fraction of sp³-hybridized carbons (Fsp3) is 0.160. The monoisotopic (exact) mass is 666 g/mol. The summed E-state index contributed by atoms with van der Waals surface area (Å²) < 4.78 is 8.07. The first-order valence-electron chi connectivity index (χ1n) is 11.0. The van der Waals surface area contributed by atoms with Crippen molar-refractivity contribution in [1.82, 2.24) is 9.66 Å². The van der Waals surface area contributed by atoms with Crippen molar-refractivity contribution in [3.63, 3.8) is 0 Å². The van der Waals surface area contributed by atoms with E-state index in [2.05, 4.69) is 41.9 Å². The van der Waals surface area contributed by atoms with Gasteiger partial charge in [-0.15, -0.1) is 0 Å². The number of ether oxygens (including phenoxy) is 1. The van der Waals surface area contributed by atoms with E-state index < -0.39 is 4.92 Å². The van der Waals surface area contributed by atoms with Gasteiger partial charge in [0.2, 0.25) is 5.75 Å². The SMILES string of the molecule is CCCc1nc2ccc(Br)cc2c(=O)n1N=Cc1cc(Br)c(OCc2ccc(Cl)cc2Cl)c([N+](=O)[O-])c1. The van der Waals surface area contributed by atoms with Gasteiger partial charge in [-0.3, -0.25) is 14.9 Å². The van der Waals surface area contributed by atoms with Crippen molar-refractivity contribution in [3.05, 3.63) is 105 Å². The molecule has 0 saturated heterocycles. The van der Waals surface area contributed by atoms with E-state index in [1.807, 2.05) is 13.0 Å². The first-order valence-corrected chi connectivity index (χ1v) is 13.3. The summed E-state index contributed by atoms with van der Waals surface area (Å²) in [5.41, 5.74) is 0.973. The maximum absolute atomic E-state index is 13.2. The van der Waals surface area contributed by atoms with Gasteiger partial charge >= 0.3 is 5.69 Å². The first-order chi connectivity index (χ1) is 17.7. The number of hydrogen-bond acceptors (Lipinski definition) is 6. The summed E-state index contributed by atoms with van der Waals surface area (Å²) in [5.74, 6) is 0.529. The Morgan fingerprint density at radius 3 is 2.65 bits per heavy atom. The van der Waals surface area contributed by atoms with Gasteiger partial charge in [0.15, 0.2) is 0 Å². The van der Waals surface area contributed by atoms with E-state index >= 15 is 0 Å². The molecule has 4 rings (SSSR count). The number of nitro groups is 1. The number of aromatic nitrogens is 2. The number of hydrogen-bond donors (Lipinski definition) is 0. The van der Waals surface area contributed by atoms with Crippen LogP contribution in [0.1, 0.15) is 30.3 Å². The van der Waals surface area contributed by atoms with Gasteiger partial charge in [0.25, 0.3) is 5.56 Å². The van der Waals surface area contributed by atoms with Crippen LogP contribution in [0, 0.1) is 10.1 Å². The number of nitro benzene ring substituents is 1. The van der Waals surface area contributed by atoms with Gasteiger partial charge in [0, 0.05) is 38.1 Å². The summed E-state index contributed by atoms with van der Waals surface area (Å²) in [7, 11) is 0. The number of fused-ring (bicyclic) bond motifs is 1. The van der Waals surface area contributed by atoms with E-state index in [1.165, 1.54) is 17.0 Å². The highest BCUT2D eigenvalue weighted by molar-refractivity contribution is 9.10. The zero-order valence-corrected chi connectivity index (χ0v) is 23.9. The van der Waals surface area contributed by atoms with Crippen molar-refractivity contribution in [1.29, 1.82) is 0 Å².